The van der Waals surface area contributed by atoms with Crippen molar-refractivity contribution in [1.82, 2.24) is 25.2 Å². The Labute approximate surface area is 184 Å². The maximum atomic E-state index is 11.7. The van der Waals surface area contributed by atoms with Crippen LogP contribution in [-0.4, -0.2) is 44.1 Å². The molecule has 2 aliphatic heterocycles. The van der Waals surface area contributed by atoms with Crippen LogP contribution >= 0.6 is 0 Å². The van der Waals surface area contributed by atoms with Crippen LogP contribution in [0, 0.1) is 6.92 Å². The third-order valence-corrected chi connectivity index (χ3v) is 5.16. The summed E-state index contributed by atoms with van der Waals surface area (Å²) in [4.78, 5) is 26.5. The Morgan fingerprint density at radius 3 is 2.68 bits per heavy atom. The van der Waals surface area contributed by atoms with Crippen LogP contribution in [0.25, 0.3) is 0 Å². The first-order valence-electron chi connectivity index (χ1n) is 11.0. The van der Waals surface area contributed by atoms with Gasteiger partial charge in [-0.25, -0.2) is 14.8 Å². The van der Waals surface area contributed by atoms with Gasteiger partial charge >= 0.3 is 6.09 Å². The minimum atomic E-state index is -0.381. The number of likely N-dealkylation sites (tertiary alicyclic amines) is 1. The number of aromatic nitrogens is 3. The molecule has 2 aromatic rings. The molecule has 168 valence electrons. The van der Waals surface area contributed by atoms with Crippen LogP contribution in [0.15, 0.2) is 24.5 Å². The lowest BCUT2D eigenvalue weighted by Crippen LogP contribution is -2.44. The van der Waals surface area contributed by atoms with E-state index in [0.29, 0.717) is 12.0 Å². The lowest BCUT2D eigenvalue weighted by Gasteiger charge is -2.34. The maximum absolute atomic E-state index is 11.7. The molecule has 0 bridgehead atoms. The van der Waals surface area contributed by atoms with Crippen LogP contribution in [0.4, 0.5) is 16.4 Å². The number of amides is 1. The number of piperidine rings is 1. The van der Waals surface area contributed by atoms with E-state index in [4.69, 9.17) is 4.74 Å². The van der Waals surface area contributed by atoms with Gasteiger partial charge in [0.05, 0.1) is 17.6 Å². The fourth-order valence-corrected chi connectivity index (χ4v) is 3.48. The van der Waals surface area contributed by atoms with Gasteiger partial charge in [0.1, 0.15) is 5.60 Å². The zero-order chi connectivity index (χ0) is 22.4. The van der Waals surface area contributed by atoms with Gasteiger partial charge in [-0.05, 0) is 66.0 Å². The van der Waals surface area contributed by atoms with E-state index < -0.39 is 0 Å². The van der Waals surface area contributed by atoms with Gasteiger partial charge in [0.15, 0.2) is 0 Å². The van der Waals surface area contributed by atoms with Crippen LogP contribution in [0.5, 0.6) is 0 Å². The van der Waals surface area contributed by atoms with E-state index in [2.05, 4.69) is 32.5 Å². The van der Waals surface area contributed by atoms with Gasteiger partial charge in [0.2, 0.25) is 5.95 Å². The number of carbonyl (C=O) groups is 1. The number of ether oxygens (including phenoxy) is 1. The molecule has 2 aliphatic rings. The van der Waals surface area contributed by atoms with E-state index in [1.807, 2.05) is 50.9 Å². The van der Waals surface area contributed by atoms with Crippen LogP contribution in [0.1, 0.15) is 63.9 Å². The third kappa shape index (κ3) is 6.89. The topological polar surface area (TPSA) is 92.3 Å². The van der Waals surface area contributed by atoms with Crippen LogP contribution < -0.4 is 10.6 Å². The molecule has 1 saturated heterocycles. The molecule has 4 rings (SSSR count). The Balaban J connectivity index is 0.000000180. The van der Waals surface area contributed by atoms with Gasteiger partial charge in [-0.2, -0.15) is 0 Å². The second-order valence-electron chi connectivity index (χ2n) is 9.10. The first-order chi connectivity index (χ1) is 14.7. The largest absolute Gasteiger partial charge is 0.444 e. The number of pyridine rings is 1. The Kier molecular flexibility index (Phi) is 7.43. The first-order valence-corrected chi connectivity index (χ1v) is 11.0. The predicted molar refractivity (Wildman–Crippen MR) is 121 cm³/mol. The molecule has 8 nitrogen and oxygen atoms in total. The maximum Gasteiger partial charge on any atom is 0.410 e. The van der Waals surface area contributed by atoms with Gasteiger partial charge in [-0.3, -0.25) is 4.98 Å². The predicted octanol–water partition coefficient (Wildman–Crippen LogP) is 4.32. The molecule has 0 aliphatic carbocycles. The summed E-state index contributed by atoms with van der Waals surface area (Å²) >= 11 is 0. The van der Waals surface area contributed by atoms with Crippen molar-refractivity contribution in [2.24, 2.45) is 0 Å². The highest BCUT2D eigenvalue weighted by molar-refractivity contribution is 5.68. The second-order valence-corrected chi connectivity index (χ2v) is 9.10. The van der Waals surface area contributed by atoms with Crippen molar-refractivity contribution in [2.75, 3.05) is 11.9 Å². The van der Waals surface area contributed by atoms with Crippen molar-refractivity contribution >= 4 is 17.7 Å². The van der Waals surface area contributed by atoms with Crippen molar-refractivity contribution in [2.45, 2.75) is 78.6 Å². The van der Waals surface area contributed by atoms with Crippen molar-refractivity contribution < 1.29 is 9.53 Å². The molecule has 4 heterocycles. The summed E-state index contributed by atoms with van der Waals surface area (Å²) in [5, 5.41) is 6.39. The fraction of sp³-hybridized carbons (Fsp3) is 0.565. The van der Waals surface area contributed by atoms with Crippen molar-refractivity contribution in [3.8, 4) is 0 Å². The smallest absolute Gasteiger partial charge is 0.410 e. The van der Waals surface area contributed by atoms with Gasteiger partial charge in [0.25, 0.3) is 0 Å². The SMILES string of the molecule is C[C@@H]1CCCCN1C(=O)OC(C)(C)C.Cc1ccc(Nc2ncc3c(n2)CNC3)cn1. The number of rotatable bonds is 2. The molecule has 31 heavy (non-hydrogen) atoms. The Bertz CT molecular complexity index is 879. The summed E-state index contributed by atoms with van der Waals surface area (Å²) in [6.07, 6.45) is 6.91. The van der Waals surface area contributed by atoms with E-state index in [0.717, 1.165) is 49.6 Å². The minimum absolute atomic E-state index is 0.162. The average Bonchev–Trinajstić information content (AvgIpc) is 3.17. The fourth-order valence-electron chi connectivity index (χ4n) is 3.48. The molecule has 2 aromatic heterocycles. The summed E-state index contributed by atoms with van der Waals surface area (Å²) in [6, 6.07) is 4.26. The van der Waals surface area contributed by atoms with E-state index in [1.165, 1.54) is 12.0 Å². The van der Waals surface area contributed by atoms with Crippen LogP contribution in [0.2, 0.25) is 0 Å². The number of hydrogen-bond acceptors (Lipinski definition) is 7. The van der Waals surface area contributed by atoms with Crippen molar-refractivity contribution in [1.29, 1.82) is 0 Å². The molecular weight excluding hydrogens is 392 g/mol. The molecule has 0 saturated carbocycles. The van der Waals surface area contributed by atoms with E-state index in [9.17, 15) is 4.79 Å². The van der Waals surface area contributed by atoms with Crippen LogP contribution in [-0.2, 0) is 17.8 Å². The summed E-state index contributed by atoms with van der Waals surface area (Å²) < 4.78 is 5.33. The molecule has 1 fully saturated rings. The molecule has 2 N–H and O–H groups in total. The molecule has 8 heteroatoms. The number of nitrogens with zero attached hydrogens (tertiary/aromatic N) is 4. The second kappa shape index (κ2) is 10.0. The number of aryl methyl sites for hydroxylation is 1. The normalized spacial score (nSPS) is 18.0. The van der Waals surface area contributed by atoms with Gasteiger partial charge in [-0.15, -0.1) is 0 Å². The highest BCUT2D eigenvalue weighted by atomic mass is 16.6. The third-order valence-electron chi connectivity index (χ3n) is 5.16. The Morgan fingerprint density at radius 2 is 2.00 bits per heavy atom. The summed E-state index contributed by atoms with van der Waals surface area (Å²) in [7, 11) is 0. The monoisotopic (exact) mass is 426 g/mol. The minimum Gasteiger partial charge on any atom is -0.444 e. The lowest BCUT2D eigenvalue weighted by atomic mass is 10.0. The molecule has 0 aromatic carbocycles. The van der Waals surface area contributed by atoms with Crippen molar-refractivity contribution in [3.63, 3.8) is 0 Å². The number of carbonyl (C=O) groups excluding carboxylic acids is 1. The van der Waals surface area contributed by atoms with Gasteiger partial charge in [-0.1, -0.05) is 0 Å². The van der Waals surface area contributed by atoms with Crippen molar-refractivity contribution in [3.05, 3.63) is 41.5 Å². The molecular formula is C23H34N6O2. The lowest BCUT2D eigenvalue weighted by molar-refractivity contribution is 0.0121. The quantitative estimate of drug-likeness (QED) is 0.739. The van der Waals surface area contributed by atoms with Gasteiger partial charge in [0, 0.05) is 43.1 Å². The number of hydrogen-bond donors (Lipinski definition) is 2. The average molecular weight is 427 g/mol. The number of anilines is 2. The standard InChI is InChI=1S/C12H13N5.C11H21NO2/c1-8-2-3-10(6-14-8)16-12-15-5-9-4-13-7-11(9)17-12;1-9-7-5-6-8-12(9)10(13)14-11(2,3)4/h2-3,5-6,13H,4,7H2,1H3,(H,15,16,17);9H,5-8H2,1-4H3/t;9-/m.1/s1. The van der Waals surface area contributed by atoms with Crippen LogP contribution in [0.3, 0.4) is 0 Å². The highest BCUT2D eigenvalue weighted by Crippen LogP contribution is 2.20. The van der Waals surface area contributed by atoms with Gasteiger partial charge < -0.3 is 20.3 Å². The Hall–Kier alpha value is -2.74. The van der Waals surface area contributed by atoms with E-state index in [-0.39, 0.29) is 11.7 Å². The molecule has 1 atom stereocenters. The zero-order valence-electron chi connectivity index (χ0n) is 19.2. The van der Waals surface area contributed by atoms with E-state index >= 15 is 0 Å². The molecule has 0 unspecified atom stereocenters. The number of fused-ring (bicyclic) bond motifs is 1. The number of nitrogens with one attached hydrogen (secondary N) is 2. The molecule has 0 spiro atoms. The summed E-state index contributed by atoms with van der Waals surface area (Å²) in [5.74, 6) is 0.623. The summed E-state index contributed by atoms with van der Waals surface area (Å²) in [6.45, 7) is 12.3. The summed E-state index contributed by atoms with van der Waals surface area (Å²) in [5.41, 5.74) is 3.77. The Morgan fingerprint density at radius 1 is 1.19 bits per heavy atom. The van der Waals surface area contributed by atoms with E-state index in [1.54, 1.807) is 6.20 Å². The molecule has 1 amide bonds. The molecule has 0 radical (unpaired) electrons. The first kappa shape index (κ1) is 22.9. The zero-order valence-corrected chi connectivity index (χ0v) is 19.2. The highest BCUT2D eigenvalue weighted by Gasteiger charge is 2.27.